The molecule has 0 aliphatic carbocycles. The zero-order chi connectivity index (χ0) is 39.7. The lowest BCUT2D eigenvalue weighted by molar-refractivity contribution is -0.137. The van der Waals surface area contributed by atoms with Crippen LogP contribution < -0.4 is 0 Å². The van der Waals surface area contributed by atoms with Crippen LogP contribution in [0.2, 0.25) is 0 Å². The highest BCUT2D eigenvalue weighted by Crippen LogP contribution is 2.44. The third-order valence-corrected chi connectivity index (χ3v) is 11.3. The van der Waals surface area contributed by atoms with E-state index in [-0.39, 0.29) is 0 Å². The normalized spacial score (nSPS) is 11.9. The van der Waals surface area contributed by atoms with Crippen LogP contribution in [0.4, 0.5) is 13.2 Å². The average molecular weight is 758 g/mol. The van der Waals surface area contributed by atoms with Gasteiger partial charge in [-0.25, -0.2) is 0 Å². The molecule has 0 saturated carbocycles. The maximum Gasteiger partial charge on any atom is 0.416 e. The second-order valence-electron chi connectivity index (χ2n) is 15.0. The van der Waals surface area contributed by atoms with E-state index < -0.39 is 11.7 Å². The Bertz CT molecular complexity index is 3320. The molecule has 3 nitrogen and oxygen atoms in total. The molecule has 0 fully saturated rings. The summed E-state index contributed by atoms with van der Waals surface area (Å²) in [5.41, 5.74) is 11.5. The van der Waals surface area contributed by atoms with Gasteiger partial charge in [0.2, 0.25) is 0 Å². The minimum atomic E-state index is -4.55. The van der Waals surface area contributed by atoms with Crippen molar-refractivity contribution in [2.45, 2.75) is 20.0 Å². The molecule has 2 aromatic heterocycles. The topological polar surface area (TPSA) is 33.6 Å². The summed E-state index contributed by atoms with van der Waals surface area (Å²) >= 11 is 0. The molecule has 0 atom stereocenters. The summed E-state index contributed by atoms with van der Waals surface area (Å²) in [7, 11) is 0. The molecule has 0 spiro atoms. The van der Waals surface area contributed by atoms with Gasteiger partial charge in [-0.3, -0.25) is 0 Å². The fraction of sp³-hybridized carbons (Fsp3) is 0.0577. The third-order valence-electron chi connectivity index (χ3n) is 11.3. The first kappa shape index (κ1) is 35.1. The smallest absolute Gasteiger partial charge is 0.308 e. The maximum atomic E-state index is 14.3. The predicted octanol–water partition coefficient (Wildman–Crippen LogP) is 14.4. The molecule has 6 heteroatoms. The number of fused-ring (bicyclic) bond motifs is 6. The fourth-order valence-electron chi connectivity index (χ4n) is 8.66. The Morgan fingerprint density at radius 2 is 0.948 bits per heavy atom. The quantitative estimate of drug-likeness (QED) is 0.172. The van der Waals surface area contributed by atoms with Crippen LogP contribution in [0.25, 0.3) is 88.4 Å². The molecule has 8 aromatic carbocycles. The average Bonchev–Trinajstić information content (AvgIpc) is 3.74. The van der Waals surface area contributed by atoms with Crippen LogP contribution in [-0.4, -0.2) is 9.13 Å². The summed E-state index contributed by atoms with van der Waals surface area (Å²) in [6, 6.07) is 57.3. The Balaban J connectivity index is 1.35. The minimum Gasteiger partial charge on any atom is -0.308 e. The number of rotatable bonds is 5. The largest absolute Gasteiger partial charge is 0.416 e. The van der Waals surface area contributed by atoms with Crippen molar-refractivity contribution >= 4 is 43.6 Å². The number of nitriles is 1. The van der Waals surface area contributed by atoms with Crippen molar-refractivity contribution in [3.63, 3.8) is 0 Å². The summed E-state index contributed by atoms with van der Waals surface area (Å²) in [5, 5.41) is 15.5. The summed E-state index contributed by atoms with van der Waals surface area (Å²) in [4.78, 5) is 0. The Hall–Kier alpha value is -7.36. The van der Waals surface area contributed by atoms with E-state index in [1.165, 1.54) is 12.1 Å². The van der Waals surface area contributed by atoms with Crippen molar-refractivity contribution in [1.82, 2.24) is 9.13 Å². The van der Waals surface area contributed by atoms with E-state index >= 15 is 0 Å². The molecule has 0 radical (unpaired) electrons. The Labute approximate surface area is 333 Å². The van der Waals surface area contributed by atoms with Gasteiger partial charge in [-0.05, 0) is 84.1 Å². The number of aryl methyl sites for hydroxylation is 2. The molecular weight excluding hydrogens is 724 g/mol. The van der Waals surface area contributed by atoms with Crippen molar-refractivity contribution in [1.29, 1.82) is 5.26 Å². The molecular formula is C52H34F3N3. The van der Waals surface area contributed by atoms with Crippen molar-refractivity contribution in [2.75, 3.05) is 0 Å². The second kappa shape index (κ2) is 13.4. The van der Waals surface area contributed by atoms with Crippen LogP contribution in [-0.2, 0) is 6.18 Å². The van der Waals surface area contributed by atoms with Crippen LogP contribution in [0.15, 0.2) is 170 Å². The molecule has 58 heavy (non-hydrogen) atoms. The minimum absolute atomic E-state index is 0.335. The highest BCUT2D eigenvalue weighted by atomic mass is 19.4. The van der Waals surface area contributed by atoms with Gasteiger partial charge >= 0.3 is 6.18 Å². The van der Waals surface area contributed by atoms with Gasteiger partial charge in [-0.15, -0.1) is 0 Å². The van der Waals surface area contributed by atoms with Crippen LogP contribution in [0.3, 0.4) is 0 Å². The van der Waals surface area contributed by atoms with Crippen molar-refractivity contribution in [2.24, 2.45) is 0 Å². The Kier molecular flexibility index (Phi) is 8.10. The Morgan fingerprint density at radius 3 is 1.52 bits per heavy atom. The maximum absolute atomic E-state index is 14.3. The number of halogens is 3. The standard InChI is InChI=1S/C52H34F3N3/c1-32-10-7-12-34(26-32)36-20-22-43-41-16-3-5-18-46(41)57(49(43)29-36)48-25-24-40(38-14-9-15-39(28-38)52(53,54)55)51(45(48)31-56)58-47-19-6-4-17-42(47)44-23-21-37(30-50(44)58)35-13-8-11-33(2)27-35/h3-30H,1-2H3. The van der Waals surface area contributed by atoms with Crippen molar-refractivity contribution < 1.29 is 13.2 Å². The molecule has 0 saturated heterocycles. The van der Waals surface area contributed by atoms with Gasteiger partial charge in [0.25, 0.3) is 0 Å². The molecule has 10 rings (SSSR count). The first-order valence-corrected chi connectivity index (χ1v) is 19.1. The monoisotopic (exact) mass is 757 g/mol. The number of aromatic nitrogens is 2. The van der Waals surface area contributed by atoms with E-state index in [4.69, 9.17) is 0 Å². The third kappa shape index (κ3) is 5.66. The number of alkyl halides is 3. The number of hydrogen-bond donors (Lipinski definition) is 0. The van der Waals surface area contributed by atoms with Crippen LogP contribution in [0.1, 0.15) is 22.3 Å². The number of hydrogen-bond acceptors (Lipinski definition) is 1. The zero-order valence-electron chi connectivity index (χ0n) is 31.6. The van der Waals surface area contributed by atoms with Gasteiger partial charge in [0.1, 0.15) is 11.6 Å². The molecule has 10 aromatic rings. The zero-order valence-corrected chi connectivity index (χ0v) is 31.6. The molecule has 0 aliphatic heterocycles. The Morgan fingerprint density at radius 1 is 0.448 bits per heavy atom. The van der Waals surface area contributed by atoms with Gasteiger partial charge in [0, 0.05) is 27.1 Å². The number of para-hydroxylation sites is 2. The van der Waals surface area contributed by atoms with Gasteiger partial charge < -0.3 is 9.13 Å². The molecule has 0 amide bonds. The SMILES string of the molecule is Cc1cccc(-c2ccc3c4ccccc4n(-c4ccc(-c5cccc(C(F)(F)F)c5)c(-n5c6ccccc6c6ccc(-c7cccc(C)c7)cc65)c4C#N)c3c2)c1. The molecule has 0 aliphatic rings. The number of nitrogens with zero attached hydrogens (tertiary/aromatic N) is 3. The highest BCUT2D eigenvalue weighted by Gasteiger charge is 2.31. The molecule has 2 heterocycles. The second-order valence-corrected chi connectivity index (χ2v) is 15.0. The highest BCUT2D eigenvalue weighted by molar-refractivity contribution is 6.12. The summed E-state index contributed by atoms with van der Waals surface area (Å²) in [5.74, 6) is 0. The van der Waals surface area contributed by atoms with E-state index in [0.717, 1.165) is 83.1 Å². The molecule has 0 N–H and O–H groups in total. The first-order valence-electron chi connectivity index (χ1n) is 19.1. The fourth-order valence-corrected chi connectivity index (χ4v) is 8.66. The van der Waals surface area contributed by atoms with Gasteiger partial charge in [0.15, 0.2) is 0 Å². The molecule has 278 valence electrons. The van der Waals surface area contributed by atoms with Gasteiger partial charge in [0.05, 0.1) is 39.0 Å². The number of benzene rings is 8. The molecule has 0 unspecified atom stereocenters. The summed E-state index contributed by atoms with van der Waals surface area (Å²) < 4.78 is 47.2. The van der Waals surface area contributed by atoms with Crippen LogP contribution in [0, 0.1) is 25.2 Å². The van der Waals surface area contributed by atoms with Gasteiger partial charge in [-0.2, -0.15) is 18.4 Å². The lowest BCUT2D eigenvalue weighted by atomic mass is 9.96. The predicted molar refractivity (Wildman–Crippen MR) is 231 cm³/mol. The summed E-state index contributed by atoms with van der Waals surface area (Å²) in [6.07, 6.45) is -4.55. The van der Waals surface area contributed by atoms with E-state index in [1.807, 2.05) is 54.6 Å². The summed E-state index contributed by atoms with van der Waals surface area (Å²) in [6.45, 7) is 4.13. The van der Waals surface area contributed by atoms with E-state index in [9.17, 15) is 18.4 Å². The van der Waals surface area contributed by atoms with Gasteiger partial charge in [-0.1, -0.05) is 139 Å². The van der Waals surface area contributed by atoms with E-state index in [1.54, 1.807) is 6.07 Å². The van der Waals surface area contributed by atoms with Crippen LogP contribution in [0.5, 0.6) is 0 Å². The van der Waals surface area contributed by atoms with E-state index in [0.29, 0.717) is 28.1 Å². The lowest BCUT2D eigenvalue weighted by Crippen LogP contribution is -2.08. The first-order chi connectivity index (χ1) is 28.2. The molecule has 0 bridgehead atoms. The van der Waals surface area contributed by atoms with Crippen LogP contribution >= 0.6 is 0 Å². The van der Waals surface area contributed by atoms with Crippen molar-refractivity contribution in [3.05, 3.63) is 192 Å². The van der Waals surface area contributed by atoms with Crippen molar-refractivity contribution in [3.8, 4) is 50.8 Å². The lowest BCUT2D eigenvalue weighted by Gasteiger charge is -2.21. The van der Waals surface area contributed by atoms with E-state index in [2.05, 4.69) is 120 Å².